The molecule has 0 spiro atoms. The highest BCUT2D eigenvalue weighted by Gasteiger charge is 2.54. The SMILES string of the molecule is CC(=O)OC[C@H]1O[C@@H](O[C@H]2[C@H](OC(C)=O)C=CO[C@@H]2COC(C)=O)[C@H](OC(C)=O)[C@@H](OC(C)=O)[C@@H]1OC(C)=O. The van der Waals surface area contributed by atoms with E-state index in [4.69, 9.17) is 42.6 Å². The molecule has 0 radical (unpaired) electrons. The van der Waals surface area contributed by atoms with Crippen molar-refractivity contribution in [1.82, 2.24) is 0 Å². The van der Waals surface area contributed by atoms with Crippen LogP contribution in [0.3, 0.4) is 0 Å². The number of carbonyl (C=O) groups is 6. The van der Waals surface area contributed by atoms with E-state index in [1.165, 1.54) is 19.3 Å². The third-order valence-corrected chi connectivity index (χ3v) is 5.20. The summed E-state index contributed by atoms with van der Waals surface area (Å²) in [5.74, 6) is -4.43. The predicted octanol–water partition coefficient (Wildman–Crippen LogP) is -0.138. The summed E-state index contributed by atoms with van der Waals surface area (Å²) in [7, 11) is 0. The number of ether oxygens (including phenoxy) is 9. The maximum atomic E-state index is 12.0. The second kappa shape index (κ2) is 14.4. The Morgan fingerprint density at radius 3 is 1.59 bits per heavy atom. The van der Waals surface area contributed by atoms with E-state index in [2.05, 4.69) is 0 Å². The molecule has 0 bridgehead atoms. The summed E-state index contributed by atoms with van der Waals surface area (Å²) in [4.78, 5) is 70.6. The van der Waals surface area contributed by atoms with Gasteiger partial charge in [0.25, 0.3) is 0 Å². The van der Waals surface area contributed by atoms with Crippen molar-refractivity contribution in [3.05, 3.63) is 12.3 Å². The van der Waals surface area contributed by atoms with Gasteiger partial charge < -0.3 is 42.6 Å². The minimum Gasteiger partial charge on any atom is -0.492 e. The summed E-state index contributed by atoms with van der Waals surface area (Å²) < 4.78 is 49.0. The van der Waals surface area contributed by atoms with Gasteiger partial charge in [0.2, 0.25) is 0 Å². The van der Waals surface area contributed by atoms with Gasteiger partial charge in [0.15, 0.2) is 36.8 Å². The number of carbonyl (C=O) groups excluding carboxylic acids is 6. The minimum absolute atomic E-state index is 0.326. The van der Waals surface area contributed by atoms with Crippen molar-refractivity contribution in [3.8, 4) is 0 Å². The molecule has 2 heterocycles. The fourth-order valence-corrected chi connectivity index (χ4v) is 3.87. The maximum Gasteiger partial charge on any atom is 0.303 e. The molecular formula is C24H32O15. The largest absolute Gasteiger partial charge is 0.492 e. The van der Waals surface area contributed by atoms with Gasteiger partial charge in [-0.25, -0.2) is 0 Å². The van der Waals surface area contributed by atoms with Gasteiger partial charge in [0, 0.05) is 41.5 Å². The number of hydrogen-bond acceptors (Lipinski definition) is 15. The highest BCUT2D eigenvalue weighted by atomic mass is 16.7. The van der Waals surface area contributed by atoms with Crippen LogP contribution in [0.25, 0.3) is 0 Å². The van der Waals surface area contributed by atoms with E-state index < -0.39 is 91.4 Å². The lowest BCUT2D eigenvalue weighted by Gasteiger charge is -2.46. The molecule has 0 saturated carbocycles. The molecule has 218 valence electrons. The standard InChI is InChI=1S/C24H32O15/c1-11(25)32-9-18-20(17(7-8-31-18)34-13(3)27)39-24-23(37-16(6)30)22(36-15(5)29)21(35-14(4)28)19(38-24)10-33-12(2)26/h7-8,17-24H,9-10H2,1-6H3/t17-,18-,19-,20+,21-,22+,23-,24+/m1/s1. The van der Waals surface area contributed by atoms with Crippen molar-refractivity contribution in [2.75, 3.05) is 13.2 Å². The zero-order chi connectivity index (χ0) is 29.3. The van der Waals surface area contributed by atoms with E-state index in [0.29, 0.717) is 0 Å². The van der Waals surface area contributed by atoms with Crippen LogP contribution in [-0.2, 0) is 71.4 Å². The highest BCUT2D eigenvalue weighted by molar-refractivity contribution is 5.69. The lowest BCUT2D eigenvalue weighted by atomic mass is 9.97. The zero-order valence-corrected chi connectivity index (χ0v) is 22.3. The lowest BCUT2D eigenvalue weighted by Crippen LogP contribution is -2.64. The van der Waals surface area contributed by atoms with E-state index in [0.717, 1.165) is 34.6 Å². The molecule has 2 aliphatic heterocycles. The molecule has 1 fully saturated rings. The third kappa shape index (κ3) is 9.83. The van der Waals surface area contributed by atoms with Crippen LogP contribution in [-0.4, -0.2) is 98.0 Å². The fraction of sp³-hybridized carbons (Fsp3) is 0.667. The monoisotopic (exact) mass is 560 g/mol. The second-order valence-electron chi connectivity index (χ2n) is 8.55. The average Bonchev–Trinajstić information content (AvgIpc) is 2.80. The summed E-state index contributed by atoms with van der Waals surface area (Å²) >= 11 is 0. The van der Waals surface area contributed by atoms with Gasteiger partial charge >= 0.3 is 35.8 Å². The average molecular weight is 561 g/mol. The molecule has 1 saturated heterocycles. The van der Waals surface area contributed by atoms with E-state index in [9.17, 15) is 28.8 Å². The van der Waals surface area contributed by atoms with Gasteiger partial charge in [-0.05, 0) is 6.08 Å². The predicted molar refractivity (Wildman–Crippen MR) is 123 cm³/mol. The number of rotatable bonds is 10. The maximum absolute atomic E-state index is 12.0. The van der Waals surface area contributed by atoms with E-state index in [1.54, 1.807) is 0 Å². The first-order valence-electron chi connectivity index (χ1n) is 11.9. The Morgan fingerprint density at radius 1 is 0.590 bits per heavy atom. The van der Waals surface area contributed by atoms with Crippen LogP contribution in [0.1, 0.15) is 41.5 Å². The Morgan fingerprint density at radius 2 is 1.08 bits per heavy atom. The Balaban J connectivity index is 2.52. The molecule has 0 aromatic heterocycles. The lowest BCUT2D eigenvalue weighted by molar-refractivity contribution is -0.328. The summed E-state index contributed by atoms with van der Waals surface area (Å²) in [5, 5.41) is 0. The van der Waals surface area contributed by atoms with E-state index in [-0.39, 0.29) is 6.61 Å². The first kappa shape index (κ1) is 31.5. The van der Waals surface area contributed by atoms with Crippen LogP contribution < -0.4 is 0 Å². The highest BCUT2D eigenvalue weighted by Crippen LogP contribution is 2.32. The normalized spacial score (nSPS) is 29.7. The van der Waals surface area contributed by atoms with Crippen LogP contribution in [0.2, 0.25) is 0 Å². The summed E-state index contributed by atoms with van der Waals surface area (Å²) in [5.41, 5.74) is 0. The molecule has 0 unspecified atom stereocenters. The smallest absolute Gasteiger partial charge is 0.303 e. The van der Waals surface area contributed by atoms with Gasteiger partial charge in [-0.15, -0.1) is 0 Å². The van der Waals surface area contributed by atoms with Gasteiger partial charge in [-0.3, -0.25) is 28.8 Å². The summed E-state index contributed by atoms with van der Waals surface area (Å²) in [6.07, 6.45) is -7.97. The minimum atomic E-state index is -1.58. The molecule has 2 aliphatic rings. The van der Waals surface area contributed by atoms with Crippen LogP contribution in [0.15, 0.2) is 12.3 Å². The molecule has 0 aromatic carbocycles. The Bertz CT molecular complexity index is 959. The van der Waals surface area contributed by atoms with Gasteiger partial charge in [-0.2, -0.15) is 0 Å². The molecule has 15 nitrogen and oxygen atoms in total. The topological polar surface area (TPSA) is 185 Å². The summed E-state index contributed by atoms with van der Waals surface area (Å²) in [6.45, 7) is 5.92. The zero-order valence-electron chi connectivity index (χ0n) is 22.3. The number of hydrogen-bond donors (Lipinski definition) is 0. The molecule has 15 heteroatoms. The van der Waals surface area contributed by atoms with E-state index in [1.807, 2.05) is 0 Å². The molecule has 8 atom stereocenters. The van der Waals surface area contributed by atoms with Crippen molar-refractivity contribution < 1.29 is 71.4 Å². The van der Waals surface area contributed by atoms with Gasteiger partial charge in [0.1, 0.15) is 25.4 Å². The van der Waals surface area contributed by atoms with Crippen molar-refractivity contribution in [2.45, 2.75) is 90.6 Å². The van der Waals surface area contributed by atoms with Crippen molar-refractivity contribution in [3.63, 3.8) is 0 Å². The third-order valence-electron chi connectivity index (χ3n) is 5.20. The number of esters is 6. The Hall–Kier alpha value is -3.72. The van der Waals surface area contributed by atoms with Crippen molar-refractivity contribution >= 4 is 35.8 Å². The molecule has 39 heavy (non-hydrogen) atoms. The van der Waals surface area contributed by atoms with E-state index >= 15 is 0 Å². The molecule has 0 aromatic rings. The molecule has 2 rings (SSSR count). The quantitative estimate of drug-likeness (QED) is 0.254. The van der Waals surface area contributed by atoms with Gasteiger partial charge in [-0.1, -0.05) is 0 Å². The molecule has 0 amide bonds. The molecular weight excluding hydrogens is 528 g/mol. The molecule has 0 N–H and O–H groups in total. The summed E-state index contributed by atoms with van der Waals surface area (Å²) in [6, 6.07) is 0. The Kier molecular flexibility index (Phi) is 11.7. The van der Waals surface area contributed by atoms with Crippen LogP contribution >= 0.6 is 0 Å². The first-order valence-corrected chi connectivity index (χ1v) is 11.9. The first-order chi connectivity index (χ1) is 18.3. The van der Waals surface area contributed by atoms with Crippen LogP contribution in [0.5, 0.6) is 0 Å². The van der Waals surface area contributed by atoms with Crippen molar-refractivity contribution in [2.24, 2.45) is 0 Å². The van der Waals surface area contributed by atoms with Gasteiger partial charge in [0.05, 0.1) is 6.26 Å². The van der Waals surface area contributed by atoms with Crippen LogP contribution in [0, 0.1) is 0 Å². The fourth-order valence-electron chi connectivity index (χ4n) is 3.87. The Labute approximate surface area is 223 Å². The molecule has 0 aliphatic carbocycles. The second-order valence-corrected chi connectivity index (χ2v) is 8.55. The van der Waals surface area contributed by atoms with Crippen molar-refractivity contribution in [1.29, 1.82) is 0 Å². The van der Waals surface area contributed by atoms with Crippen LogP contribution in [0.4, 0.5) is 0 Å².